The Morgan fingerprint density at radius 3 is 2.48 bits per heavy atom. The van der Waals surface area contributed by atoms with Gasteiger partial charge in [0.15, 0.2) is 6.29 Å². The van der Waals surface area contributed by atoms with E-state index < -0.39 is 60.7 Å². The largest absolute Gasteiger partial charge is 0.467 e. The molecule has 0 aromatic heterocycles. The predicted molar refractivity (Wildman–Crippen MR) is 120 cm³/mol. The number of likely N-dealkylation sites (N-methyl/N-ethyl adjacent to an activating group) is 2. The van der Waals surface area contributed by atoms with Crippen molar-refractivity contribution in [1.82, 2.24) is 10.6 Å². The quantitative estimate of drug-likeness (QED) is 0.175. The molecule has 0 aromatic carbocycles. The molecule has 11 N–H and O–H groups in total. The van der Waals surface area contributed by atoms with E-state index in [4.69, 9.17) is 36.1 Å². The Kier molecular flexibility index (Phi) is 9.08. The third-order valence-electron chi connectivity index (χ3n) is 6.64. The van der Waals surface area contributed by atoms with E-state index in [2.05, 4.69) is 10.6 Å². The zero-order valence-electron chi connectivity index (χ0n) is 19.6. The van der Waals surface area contributed by atoms with Gasteiger partial charge in [-0.2, -0.15) is 0 Å². The molecule has 33 heavy (non-hydrogen) atoms. The van der Waals surface area contributed by atoms with Crippen LogP contribution in [0.4, 0.5) is 0 Å². The van der Waals surface area contributed by atoms with Crippen LogP contribution in [0.2, 0.25) is 0 Å². The highest BCUT2D eigenvalue weighted by molar-refractivity contribution is 5.05. The summed E-state index contributed by atoms with van der Waals surface area (Å²) in [6.07, 6.45) is -3.05. The SMILES string of the molecule is CCN[C@@H]1C[C@H](N)[C@@H](O[C@@H]2OC(CN)=CC[C@@H]2N)[C@H](O)[C@H]1O[C@H]1OC[C@](C)(O)[C@H](NC)[C@H]1O. The fourth-order valence-corrected chi connectivity index (χ4v) is 4.86. The first kappa shape index (κ1) is 26.7. The number of rotatable bonds is 8. The highest BCUT2D eigenvalue weighted by Gasteiger charge is 2.51. The average molecular weight is 476 g/mol. The van der Waals surface area contributed by atoms with E-state index in [0.29, 0.717) is 25.1 Å². The topological polar surface area (TPSA) is 200 Å². The summed E-state index contributed by atoms with van der Waals surface area (Å²) in [6, 6.07) is -1.95. The summed E-state index contributed by atoms with van der Waals surface area (Å²) in [5, 5.41) is 38.8. The molecule has 12 heteroatoms. The molecular weight excluding hydrogens is 434 g/mol. The van der Waals surface area contributed by atoms with Gasteiger partial charge in [0.2, 0.25) is 6.29 Å². The van der Waals surface area contributed by atoms with Crippen LogP contribution in [0.15, 0.2) is 11.8 Å². The summed E-state index contributed by atoms with van der Waals surface area (Å²) >= 11 is 0. The van der Waals surface area contributed by atoms with Crippen molar-refractivity contribution in [1.29, 1.82) is 0 Å². The lowest BCUT2D eigenvalue weighted by Gasteiger charge is -2.49. The van der Waals surface area contributed by atoms with E-state index in [0.717, 1.165) is 0 Å². The van der Waals surface area contributed by atoms with Crippen molar-refractivity contribution in [3.05, 3.63) is 11.8 Å². The number of aliphatic hydroxyl groups excluding tert-OH is 2. The van der Waals surface area contributed by atoms with Crippen LogP contribution in [0.5, 0.6) is 0 Å². The van der Waals surface area contributed by atoms with Crippen LogP contribution in [-0.4, -0.2) is 109 Å². The van der Waals surface area contributed by atoms with Crippen LogP contribution < -0.4 is 27.8 Å². The van der Waals surface area contributed by atoms with Gasteiger partial charge in [0.05, 0.1) is 25.2 Å². The van der Waals surface area contributed by atoms with Gasteiger partial charge in [0.25, 0.3) is 0 Å². The molecule has 2 fully saturated rings. The summed E-state index contributed by atoms with van der Waals surface area (Å²) in [5.74, 6) is 0.572. The first-order valence-corrected chi connectivity index (χ1v) is 11.6. The van der Waals surface area contributed by atoms with E-state index in [-0.39, 0.29) is 19.2 Å². The van der Waals surface area contributed by atoms with Crippen molar-refractivity contribution in [2.45, 2.75) is 93.5 Å². The second kappa shape index (κ2) is 11.2. The Morgan fingerprint density at radius 2 is 1.85 bits per heavy atom. The summed E-state index contributed by atoms with van der Waals surface area (Å²) in [4.78, 5) is 0. The number of aliphatic hydroxyl groups is 3. The number of hydrogen-bond acceptors (Lipinski definition) is 12. The van der Waals surface area contributed by atoms with Crippen LogP contribution in [0.3, 0.4) is 0 Å². The van der Waals surface area contributed by atoms with Gasteiger partial charge < -0.3 is 62.1 Å². The van der Waals surface area contributed by atoms with Gasteiger partial charge in [-0.05, 0) is 39.4 Å². The summed E-state index contributed by atoms with van der Waals surface area (Å²) in [5.41, 5.74) is 16.9. The minimum atomic E-state index is -1.28. The molecule has 3 aliphatic rings. The number of hydrogen-bond donors (Lipinski definition) is 8. The van der Waals surface area contributed by atoms with Crippen LogP contribution in [0, 0.1) is 0 Å². The summed E-state index contributed by atoms with van der Waals surface area (Å²) in [6.45, 7) is 4.30. The van der Waals surface area contributed by atoms with Gasteiger partial charge in [0, 0.05) is 12.1 Å². The zero-order chi connectivity index (χ0) is 24.3. The Balaban J connectivity index is 1.75. The molecular formula is C21H41N5O7. The number of nitrogens with two attached hydrogens (primary N) is 3. The van der Waals surface area contributed by atoms with Crippen molar-refractivity contribution in [3.8, 4) is 0 Å². The average Bonchev–Trinajstić information content (AvgIpc) is 2.76. The maximum Gasteiger partial charge on any atom is 0.215 e. The Morgan fingerprint density at radius 1 is 1.15 bits per heavy atom. The normalized spacial score (nSPS) is 46.5. The molecule has 3 rings (SSSR count). The third-order valence-corrected chi connectivity index (χ3v) is 6.64. The molecule has 0 aromatic rings. The molecule has 0 spiro atoms. The lowest BCUT2D eigenvalue weighted by molar-refractivity contribution is -0.304. The minimum Gasteiger partial charge on any atom is -0.467 e. The van der Waals surface area contributed by atoms with E-state index in [1.165, 1.54) is 0 Å². The molecule has 2 heterocycles. The van der Waals surface area contributed by atoms with E-state index in [1.807, 2.05) is 13.0 Å². The van der Waals surface area contributed by atoms with Gasteiger partial charge >= 0.3 is 0 Å². The van der Waals surface area contributed by atoms with Crippen molar-refractivity contribution in [3.63, 3.8) is 0 Å². The van der Waals surface area contributed by atoms with Gasteiger partial charge in [-0.25, -0.2) is 0 Å². The molecule has 2 aliphatic heterocycles. The molecule has 1 saturated carbocycles. The maximum atomic E-state index is 11.3. The first-order valence-electron chi connectivity index (χ1n) is 11.6. The Bertz CT molecular complexity index is 669. The molecule has 0 bridgehead atoms. The predicted octanol–water partition coefficient (Wildman–Crippen LogP) is -3.20. The van der Waals surface area contributed by atoms with E-state index >= 15 is 0 Å². The van der Waals surface area contributed by atoms with Crippen molar-refractivity contribution in [2.75, 3.05) is 26.7 Å². The third kappa shape index (κ3) is 5.85. The molecule has 12 nitrogen and oxygen atoms in total. The molecule has 192 valence electrons. The minimum absolute atomic E-state index is 0.0483. The van der Waals surface area contributed by atoms with Crippen LogP contribution >= 0.6 is 0 Å². The standard InChI is InChI=1S/C21H41N5O7/c1-4-26-13-7-12(24)16(32-19-11(23)6-5-10(8-22)31-19)14(27)17(13)33-20-15(28)18(25-3)21(2,29)9-30-20/h5,11-20,25-29H,4,6-9,22-24H2,1-3H3/t11-,12-,13+,14-,15+,16+,17-,18+,19-,20+,21-/m0/s1. The van der Waals surface area contributed by atoms with Gasteiger partial charge in [-0.15, -0.1) is 0 Å². The highest BCUT2D eigenvalue weighted by Crippen LogP contribution is 2.31. The molecule has 0 radical (unpaired) electrons. The molecule has 0 unspecified atom stereocenters. The van der Waals surface area contributed by atoms with Crippen molar-refractivity contribution in [2.24, 2.45) is 17.2 Å². The van der Waals surface area contributed by atoms with E-state index in [9.17, 15) is 15.3 Å². The number of ether oxygens (including phenoxy) is 4. The van der Waals surface area contributed by atoms with Crippen molar-refractivity contribution < 1.29 is 34.3 Å². The van der Waals surface area contributed by atoms with Crippen LogP contribution in [-0.2, 0) is 18.9 Å². The lowest BCUT2D eigenvalue weighted by atomic mass is 9.83. The van der Waals surface area contributed by atoms with Crippen LogP contribution in [0.25, 0.3) is 0 Å². The number of nitrogens with one attached hydrogen (secondary N) is 2. The van der Waals surface area contributed by atoms with Gasteiger partial charge in [-0.3, -0.25) is 0 Å². The molecule has 1 saturated heterocycles. The fraction of sp³-hybridized carbons (Fsp3) is 0.905. The lowest BCUT2D eigenvalue weighted by Crippen LogP contribution is -2.69. The second-order valence-corrected chi connectivity index (χ2v) is 9.31. The van der Waals surface area contributed by atoms with Crippen LogP contribution in [0.1, 0.15) is 26.7 Å². The first-order chi connectivity index (χ1) is 15.6. The Hall–Kier alpha value is -0.900. The maximum absolute atomic E-state index is 11.3. The summed E-state index contributed by atoms with van der Waals surface area (Å²) < 4.78 is 23.6. The molecule has 1 aliphatic carbocycles. The smallest absolute Gasteiger partial charge is 0.215 e. The summed E-state index contributed by atoms with van der Waals surface area (Å²) in [7, 11) is 1.64. The zero-order valence-corrected chi connectivity index (χ0v) is 19.6. The van der Waals surface area contributed by atoms with Gasteiger partial charge in [0.1, 0.15) is 35.8 Å². The molecule has 0 amide bonds. The van der Waals surface area contributed by atoms with E-state index in [1.54, 1.807) is 14.0 Å². The van der Waals surface area contributed by atoms with Crippen molar-refractivity contribution >= 4 is 0 Å². The van der Waals surface area contributed by atoms with Gasteiger partial charge in [-0.1, -0.05) is 6.92 Å². The fourth-order valence-electron chi connectivity index (χ4n) is 4.86. The molecule has 11 atom stereocenters. The Labute approximate surface area is 194 Å². The highest BCUT2D eigenvalue weighted by atomic mass is 16.7. The monoisotopic (exact) mass is 475 g/mol. The second-order valence-electron chi connectivity index (χ2n) is 9.31.